The van der Waals surface area contributed by atoms with Crippen LogP contribution in [0.4, 0.5) is 17.1 Å². The van der Waals surface area contributed by atoms with E-state index in [1.54, 1.807) is 4.90 Å². The van der Waals surface area contributed by atoms with Crippen molar-refractivity contribution in [2.24, 2.45) is 5.92 Å². The van der Waals surface area contributed by atoms with Crippen LogP contribution >= 0.6 is 0 Å². The third kappa shape index (κ3) is 2.05. The third-order valence-electron chi connectivity index (χ3n) is 3.81. The first-order valence-electron chi connectivity index (χ1n) is 6.87. The highest BCUT2D eigenvalue weighted by molar-refractivity contribution is 6.00. The Morgan fingerprint density at radius 3 is 2.25 bits per heavy atom. The molecule has 1 aliphatic rings. The summed E-state index contributed by atoms with van der Waals surface area (Å²) in [4.78, 5) is 16.4. The quantitative estimate of drug-likeness (QED) is 0.789. The van der Waals surface area contributed by atoms with Crippen LogP contribution in [0, 0.1) is 5.92 Å². The van der Waals surface area contributed by atoms with E-state index < -0.39 is 0 Å². The number of hydrogen-bond donors (Lipinski definition) is 0. The van der Waals surface area contributed by atoms with Crippen LogP contribution in [0.25, 0.3) is 0 Å². The summed E-state index contributed by atoms with van der Waals surface area (Å²) in [6.07, 6.45) is 0. The largest absolute Gasteiger partial charge is 0.339 e. The fourth-order valence-electron chi connectivity index (χ4n) is 2.73. The van der Waals surface area contributed by atoms with Crippen LogP contribution in [-0.4, -0.2) is 19.5 Å². The number of carbonyl (C=O) groups is 1. The Labute approximate surface area is 119 Å². The van der Waals surface area contributed by atoms with Gasteiger partial charge in [0.05, 0.1) is 17.3 Å². The topological polar surface area (TPSA) is 23.6 Å². The second kappa shape index (κ2) is 5.00. The van der Waals surface area contributed by atoms with Crippen LogP contribution in [0.2, 0.25) is 0 Å². The highest BCUT2D eigenvalue weighted by atomic mass is 16.2. The molecule has 0 N–H and O–H groups in total. The molecular formula is C17H18N2O. The highest BCUT2D eigenvalue weighted by Crippen LogP contribution is 2.37. The molecule has 1 unspecified atom stereocenters. The molecule has 3 nitrogen and oxygen atoms in total. The Bertz CT molecular complexity index is 624. The fourth-order valence-corrected chi connectivity index (χ4v) is 2.73. The Hall–Kier alpha value is -2.29. The van der Waals surface area contributed by atoms with Gasteiger partial charge >= 0.3 is 0 Å². The Morgan fingerprint density at radius 2 is 1.55 bits per heavy atom. The molecule has 0 bridgehead atoms. The Morgan fingerprint density at radius 1 is 0.950 bits per heavy atom. The van der Waals surface area contributed by atoms with Crippen molar-refractivity contribution in [3.05, 3.63) is 54.6 Å². The molecule has 3 rings (SSSR count). The summed E-state index contributed by atoms with van der Waals surface area (Å²) in [7, 11) is 1.85. The summed E-state index contributed by atoms with van der Waals surface area (Å²) < 4.78 is 0. The lowest BCUT2D eigenvalue weighted by molar-refractivity contribution is -0.121. The summed E-state index contributed by atoms with van der Waals surface area (Å²) in [6, 6.07) is 18.3. The smallest absolute Gasteiger partial charge is 0.231 e. The van der Waals surface area contributed by atoms with Gasteiger partial charge in [0.2, 0.25) is 5.91 Å². The van der Waals surface area contributed by atoms with E-state index in [-0.39, 0.29) is 11.8 Å². The fraction of sp³-hybridized carbons (Fsp3) is 0.235. The standard InChI is InChI=1S/C17H18N2O/c1-13-12-19(14-8-4-3-5-9-14)16-11-7-6-10-15(16)18(2)17(13)20/h3-11,13H,12H2,1-2H3. The normalized spacial score (nSPS) is 18.7. The van der Waals surface area contributed by atoms with Gasteiger partial charge in [-0.25, -0.2) is 0 Å². The van der Waals surface area contributed by atoms with Gasteiger partial charge in [-0.15, -0.1) is 0 Å². The number of anilines is 3. The second-order valence-electron chi connectivity index (χ2n) is 5.23. The molecule has 1 atom stereocenters. The van der Waals surface area contributed by atoms with Crippen molar-refractivity contribution < 1.29 is 4.79 Å². The minimum absolute atomic E-state index is 0.0346. The van der Waals surface area contributed by atoms with Crippen molar-refractivity contribution in [3.63, 3.8) is 0 Å². The SMILES string of the molecule is CC1CN(c2ccccc2)c2ccccc2N(C)C1=O. The Kier molecular flexibility index (Phi) is 3.18. The van der Waals surface area contributed by atoms with Crippen LogP contribution in [0.1, 0.15) is 6.92 Å². The summed E-state index contributed by atoms with van der Waals surface area (Å²) in [5.74, 6) is 0.128. The molecule has 2 aromatic rings. The van der Waals surface area contributed by atoms with Crippen LogP contribution in [0.3, 0.4) is 0 Å². The summed E-state index contributed by atoms with van der Waals surface area (Å²) in [5, 5.41) is 0. The predicted molar refractivity (Wildman–Crippen MR) is 82.5 cm³/mol. The molecule has 3 heteroatoms. The summed E-state index contributed by atoms with van der Waals surface area (Å²) >= 11 is 0. The Balaban J connectivity index is 2.15. The van der Waals surface area contributed by atoms with Crippen LogP contribution in [0.5, 0.6) is 0 Å². The molecule has 20 heavy (non-hydrogen) atoms. The van der Waals surface area contributed by atoms with Gasteiger partial charge < -0.3 is 9.80 Å². The lowest BCUT2D eigenvalue weighted by Gasteiger charge is -2.26. The average Bonchev–Trinajstić information content (AvgIpc) is 2.60. The first-order chi connectivity index (χ1) is 9.68. The number of para-hydroxylation sites is 3. The summed E-state index contributed by atoms with van der Waals surface area (Å²) in [5.41, 5.74) is 3.17. The third-order valence-corrected chi connectivity index (χ3v) is 3.81. The van der Waals surface area contributed by atoms with Gasteiger partial charge in [0.1, 0.15) is 0 Å². The number of benzene rings is 2. The number of nitrogens with zero attached hydrogens (tertiary/aromatic N) is 2. The maximum atomic E-state index is 12.4. The molecule has 0 spiro atoms. The number of rotatable bonds is 1. The number of amides is 1. The molecule has 0 aliphatic carbocycles. The van der Waals surface area contributed by atoms with E-state index in [1.165, 1.54) is 0 Å². The van der Waals surface area contributed by atoms with Crippen molar-refractivity contribution in [1.82, 2.24) is 0 Å². The molecule has 0 saturated heterocycles. The van der Waals surface area contributed by atoms with Gasteiger partial charge in [-0.2, -0.15) is 0 Å². The van der Waals surface area contributed by atoms with Gasteiger partial charge in [-0.05, 0) is 24.3 Å². The molecule has 0 fully saturated rings. The molecule has 1 aliphatic heterocycles. The lowest BCUT2D eigenvalue weighted by atomic mass is 10.1. The zero-order valence-electron chi connectivity index (χ0n) is 11.8. The average molecular weight is 266 g/mol. The molecule has 1 amide bonds. The van der Waals surface area contributed by atoms with Crippen molar-refractivity contribution in [2.45, 2.75) is 6.92 Å². The second-order valence-corrected chi connectivity index (χ2v) is 5.23. The maximum Gasteiger partial charge on any atom is 0.231 e. The molecule has 0 aromatic heterocycles. The van der Waals surface area contributed by atoms with Crippen molar-refractivity contribution in [1.29, 1.82) is 0 Å². The molecule has 0 radical (unpaired) electrons. The van der Waals surface area contributed by atoms with Crippen LogP contribution < -0.4 is 9.80 Å². The number of carbonyl (C=O) groups excluding carboxylic acids is 1. The zero-order chi connectivity index (χ0) is 14.1. The van der Waals surface area contributed by atoms with E-state index >= 15 is 0 Å². The first-order valence-corrected chi connectivity index (χ1v) is 6.87. The van der Waals surface area contributed by atoms with Gasteiger partial charge in [0.15, 0.2) is 0 Å². The van der Waals surface area contributed by atoms with E-state index in [0.29, 0.717) is 6.54 Å². The maximum absolute atomic E-state index is 12.4. The molecule has 1 heterocycles. The van der Waals surface area contributed by atoms with Gasteiger partial charge in [-0.1, -0.05) is 37.3 Å². The van der Waals surface area contributed by atoms with Crippen LogP contribution in [0.15, 0.2) is 54.6 Å². The van der Waals surface area contributed by atoms with Gasteiger partial charge in [0.25, 0.3) is 0 Å². The van der Waals surface area contributed by atoms with Crippen molar-refractivity contribution in [2.75, 3.05) is 23.4 Å². The van der Waals surface area contributed by atoms with E-state index in [2.05, 4.69) is 23.1 Å². The van der Waals surface area contributed by atoms with Gasteiger partial charge in [-0.3, -0.25) is 4.79 Å². The molecule has 102 valence electrons. The number of hydrogen-bond acceptors (Lipinski definition) is 2. The molecular weight excluding hydrogens is 248 g/mol. The van der Waals surface area contributed by atoms with Crippen molar-refractivity contribution >= 4 is 23.0 Å². The lowest BCUT2D eigenvalue weighted by Crippen LogP contribution is -2.33. The van der Waals surface area contributed by atoms with E-state index in [1.807, 2.05) is 50.4 Å². The predicted octanol–water partition coefficient (Wildman–Crippen LogP) is 3.44. The van der Waals surface area contributed by atoms with Crippen molar-refractivity contribution in [3.8, 4) is 0 Å². The highest BCUT2D eigenvalue weighted by Gasteiger charge is 2.29. The first kappa shape index (κ1) is 12.7. The number of fused-ring (bicyclic) bond motifs is 1. The van der Waals surface area contributed by atoms with Gasteiger partial charge in [0, 0.05) is 19.3 Å². The van der Waals surface area contributed by atoms with E-state index in [0.717, 1.165) is 17.1 Å². The van der Waals surface area contributed by atoms with E-state index in [9.17, 15) is 4.79 Å². The van der Waals surface area contributed by atoms with E-state index in [4.69, 9.17) is 0 Å². The summed E-state index contributed by atoms with van der Waals surface area (Å²) in [6.45, 7) is 2.69. The minimum Gasteiger partial charge on any atom is -0.339 e. The molecule has 0 saturated carbocycles. The molecule has 2 aromatic carbocycles. The zero-order valence-corrected chi connectivity index (χ0v) is 11.8. The monoisotopic (exact) mass is 266 g/mol. The minimum atomic E-state index is -0.0346. The van der Waals surface area contributed by atoms with Crippen LogP contribution in [-0.2, 0) is 4.79 Å².